The Hall–Kier alpha value is -0.590. The molecule has 0 amide bonds. The summed E-state index contributed by atoms with van der Waals surface area (Å²) in [7, 11) is 0. The second-order valence-electron chi connectivity index (χ2n) is 5.76. The average Bonchev–Trinajstić information content (AvgIpc) is 1.95. The van der Waals surface area contributed by atoms with Crippen LogP contribution in [0.15, 0.2) is 12.2 Å². The fraction of sp³-hybridized carbons (Fsp3) is 0.750. The van der Waals surface area contributed by atoms with E-state index in [2.05, 4.69) is 27.4 Å². The third-order valence-corrected chi connectivity index (χ3v) is 3.91. The molecule has 0 saturated heterocycles. The van der Waals surface area contributed by atoms with Gasteiger partial charge < -0.3 is 0 Å². The quantitative estimate of drug-likeness (QED) is 0.521. The molecule has 72 valence electrons. The summed E-state index contributed by atoms with van der Waals surface area (Å²) in [5.41, 5.74) is 1.61. The summed E-state index contributed by atoms with van der Waals surface area (Å²) in [6, 6.07) is 0. The topological polar surface area (TPSA) is 17.1 Å². The van der Waals surface area contributed by atoms with Crippen LogP contribution in [0.5, 0.6) is 0 Å². The van der Waals surface area contributed by atoms with Crippen LogP contribution in [0.2, 0.25) is 0 Å². The Morgan fingerprint density at radius 3 is 2.54 bits per heavy atom. The molecule has 0 aromatic carbocycles. The number of hydrogen-bond donors (Lipinski definition) is 0. The van der Waals surface area contributed by atoms with Crippen molar-refractivity contribution in [1.82, 2.24) is 0 Å². The molecule has 2 saturated carbocycles. The molecule has 0 heterocycles. The Bertz CT molecular complexity index is 287. The Balaban J connectivity index is 2.31. The van der Waals surface area contributed by atoms with Gasteiger partial charge in [-0.25, -0.2) is 0 Å². The van der Waals surface area contributed by atoms with Crippen molar-refractivity contribution in [3.8, 4) is 0 Å². The average molecular weight is 178 g/mol. The van der Waals surface area contributed by atoms with E-state index >= 15 is 0 Å². The van der Waals surface area contributed by atoms with Crippen molar-refractivity contribution in [1.29, 1.82) is 0 Å². The maximum atomic E-state index is 11.8. The molecule has 1 heteroatoms. The van der Waals surface area contributed by atoms with E-state index in [0.717, 1.165) is 19.3 Å². The molecule has 2 aliphatic carbocycles. The van der Waals surface area contributed by atoms with Gasteiger partial charge in [-0.2, -0.15) is 0 Å². The van der Waals surface area contributed by atoms with E-state index in [0.29, 0.717) is 11.7 Å². The van der Waals surface area contributed by atoms with Gasteiger partial charge in [-0.15, -0.1) is 0 Å². The molecule has 1 nitrogen and oxygen atoms in total. The van der Waals surface area contributed by atoms with E-state index in [1.807, 2.05) is 0 Å². The largest absolute Gasteiger partial charge is 0.299 e. The first kappa shape index (κ1) is 8.98. The smallest absolute Gasteiger partial charge is 0.137 e. The maximum absolute atomic E-state index is 11.8. The van der Waals surface area contributed by atoms with Crippen LogP contribution in [-0.4, -0.2) is 5.78 Å². The van der Waals surface area contributed by atoms with Crippen molar-refractivity contribution in [2.75, 3.05) is 0 Å². The minimum Gasteiger partial charge on any atom is -0.299 e. The highest BCUT2D eigenvalue weighted by molar-refractivity contribution is 5.86. The summed E-state index contributed by atoms with van der Waals surface area (Å²) >= 11 is 0. The van der Waals surface area contributed by atoms with E-state index in [4.69, 9.17) is 0 Å². The number of hydrogen-bond acceptors (Lipinski definition) is 1. The number of carbonyl (C=O) groups is 1. The molecule has 2 unspecified atom stereocenters. The molecule has 0 aromatic rings. The van der Waals surface area contributed by atoms with Crippen molar-refractivity contribution >= 4 is 5.78 Å². The molecule has 0 spiro atoms. The highest BCUT2D eigenvalue weighted by atomic mass is 16.1. The van der Waals surface area contributed by atoms with Gasteiger partial charge in [0.15, 0.2) is 0 Å². The first-order valence-electron chi connectivity index (χ1n) is 5.06. The lowest BCUT2D eigenvalue weighted by Gasteiger charge is -2.56. The number of ketones is 1. The molecule has 2 fully saturated rings. The predicted molar refractivity (Wildman–Crippen MR) is 53.4 cm³/mol. The minimum absolute atomic E-state index is 0.138. The number of fused-ring (bicyclic) bond motifs is 1. The zero-order valence-corrected chi connectivity index (χ0v) is 8.81. The van der Waals surface area contributed by atoms with Gasteiger partial charge in [0.1, 0.15) is 5.78 Å². The van der Waals surface area contributed by atoms with Gasteiger partial charge in [-0.1, -0.05) is 32.9 Å². The highest BCUT2D eigenvalue weighted by Crippen LogP contribution is 2.60. The SMILES string of the molecule is C=C1CC2C(=O)CC(C)(C)CC12C. The van der Waals surface area contributed by atoms with Crippen LogP contribution >= 0.6 is 0 Å². The molecule has 0 radical (unpaired) electrons. The van der Waals surface area contributed by atoms with Crippen LogP contribution < -0.4 is 0 Å². The fourth-order valence-corrected chi connectivity index (χ4v) is 3.19. The van der Waals surface area contributed by atoms with E-state index in [9.17, 15) is 4.79 Å². The van der Waals surface area contributed by atoms with E-state index < -0.39 is 0 Å². The normalized spacial score (nSPS) is 42.5. The second kappa shape index (κ2) is 2.26. The van der Waals surface area contributed by atoms with Gasteiger partial charge in [-0.05, 0) is 23.7 Å². The first-order chi connectivity index (χ1) is 5.85. The summed E-state index contributed by atoms with van der Waals surface area (Å²) in [6.45, 7) is 10.7. The second-order valence-corrected chi connectivity index (χ2v) is 5.76. The van der Waals surface area contributed by atoms with Gasteiger partial charge >= 0.3 is 0 Å². The Morgan fingerprint density at radius 1 is 1.38 bits per heavy atom. The van der Waals surface area contributed by atoms with Crippen LogP contribution in [0.1, 0.15) is 40.0 Å². The van der Waals surface area contributed by atoms with Crippen molar-refractivity contribution < 1.29 is 4.79 Å². The van der Waals surface area contributed by atoms with Crippen molar-refractivity contribution in [3.05, 3.63) is 12.2 Å². The number of Topliss-reactive ketones (excluding diaryl/α,β-unsaturated/α-hetero) is 1. The lowest BCUT2D eigenvalue weighted by Crippen LogP contribution is -2.52. The number of rotatable bonds is 0. The third kappa shape index (κ3) is 1.09. The summed E-state index contributed by atoms with van der Waals surface area (Å²) in [5.74, 6) is 0.763. The fourth-order valence-electron chi connectivity index (χ4n) is 3.19. The van der Waals surface area contributed by atoms with Crippen LogP contribution in [0.4, 0.5) is 0 Å². The van der Waals surface area contributed by atoms with Crippen LogP contribution in [0.25, 0.3) is 0 Å². The van der Waals surface area contributed by atoms with Gasteiger partial charge in [-0.3, -0.25) is 4.79 Å². The molecule has 13 heavy (non-hydrogen) atoms. The van der Waals surface area contributed by atoms with Gasteiger partial charge in [0.05, 0.1) is 0 Å². The van der Waals surface area contributed by atoms with Crippen molar-refractivity contribution in [2.45, 2.75) is 40.0 Å². The lowest BCUT2D eigenvalue weighted by atomic mass is 9.47. The standard InChI is InChI=1S/C12H18O/c1-8-5-9-10(13)6-11(2,3)7-12(8,9)4/h9H,1,5-7H2,2-4H3. The Labute approximate surface area is 80.2 Å². The zero-order valence-electron chi connectivity index (χ0n) is 8.81. The summed E-state index contributed by atoms with van der Waals surface area (Å²) in [6.07, 6.45) is 2.85. The first-order valence-corrected chi connectivity index (χ1v) is 5.06. The monoisotopic (exact) mass is 178 g/mol. The van der Waals surface area contributed by atoms with Crippen LogP contribution in [0, 0.1) is 16.7 Å². The van der Waals surface area contributed by atoms with Gasteiger partial charge in [0, 0.05) is 12.3 Å². The third-order valence-electron chi connectivity index (χ3n) is 3.91. The van der Waals surface area contributed by atoms with Gasteiger partial charge in [0.2, 0.25) is 0 Å². The lowest BCUT2D eigenvalue weighted by molar-refractivity contribution is -0.138. The molecular weight excluding hydrogens is 160 g/mol. The van der Waals surface area contributed by atoms with Crippen molar-refractivity contribution in [2.24, 2.45) is 16.7 Å². The molecule has 2 rings (SSSR count). The zero-order chi connectivity index (χ0) is 9.85. The molecule has 2 atom stereocenters. The van der Waals surface area contributed by atoms with E-state index in [1.165, 1.54) is 5.57 Å². The highest BCUT2D eigenvalue weighted by Gasteiger charge is 2.55. The molecule has 0 bridgehead atoms. The predicted octanol–water partition coefficient (Wildman–Crippen LogP) is 2.96. The molecule has 0 aliphatic heterocycles. The number of allylic oxidation sites excluding steroid dienone is 1. The molecular formula is C12H18O. The van der Waals surface area contributed by atoms with E-state index in [1.54, 1.807) is 0 Å². The van der Waals surface area contributed by atoms with Crippen LogP contribution in [0.3, 0.4) is 0 Å². The minimum atomic E-state index is 0.138. The molecule has 0 aromatic heterocycles. The molecule has 2 aliphatic rings. The van der Waals surface area contributed by atoms with Gasteiger partial charge in [0.25, 0.3) is 0 Å². The summed E-state index contributed by atoms with van der Waals surface area (Å²) in [5, 5.41) is 0. The van der Waals surface area contributed by atoms with Crippen molar-refractivity contribution in [3.63, 3.8) is 0 Å². The maximum Gasteiger partial charge on any atom is 0.137 e. The summed E-state index contributed by atoms with van der Waals surface area (Å²) in [4.78, 5) is 11.8. The Kier molecular flexibility index (Phi) is 1.56. The number of carbonyl (C=O) groups excluding carboxylic acids is 1. The molecule has 0 N–H and O–H groups in total. The Morgan fingerprint density at radius 2 is 2.00 bits per heavy atom. The van der Waals surface area contributed by atoms with Crippen LogP contribution in [-0.2, 0) is 4.79 Å². The van der Waals surface area contributed by atoms with E-state index in [-0.39, 0.29) is 10.8 Å². The summed E-state index contributed by atoms with van der Waals surface area (Å²) < 4.78 is 0.